The standard InChI is InChI=1S/C33H22FN3O4S2/c1-20-6-13-26(14-7-20)43(40,41)37-29-15-12-25(34)19-28(29)30(27-16-17-42-33(27)35-2)31(37)24-5-3-4-23(18-24)21-8-10-22(11-9-21)32(38)36-39/h3-19,39H,1H3,(H,36,38). The molecule has 0 atom stereocenters. The fraction of sp³-hybridized carbons (Fsp3) is 0.0303. The van der Waals surface area contributed by atoms with Gasteiger partial charge in [-0.3, -0.25) is 10.0 Å². The summed E-state index contributed by atoms with van der Waals surface area (Å²) in [5.74, 6) is -1.18. The largest absolute Gasteiger partial charge is 0.288 e. The summed E-state index contributed by atoms with van der Waals surface area (Å²) in [6, 6.07) is 26.0. The number of carbonyl (C=O) groups excluding carboxylic acids is 1. The number of rotatable bonds is 6. The van der Waals surface area contributed by atoms with Crippen molar-refractivity contribution in [2.24, 2.45) is 0 Å². The molecule has 0 aliphatic carbocycles. The Kier molecular flexibility index (Phi) is 7.15. The van der Waals surface area contributed by atoms with Crippen molar-refractivity contribution in [3.05, 3.63) is 131 Å². The van der Waals surface area contributed by atoms with Crippen molar-refractivity contribution in [2.45, 2.75) is 11.8 Å². The van der Waals surface area contributed by atoms with Crippen molar-refractivity contribution >= 4 is 43.2 Å². The molecule has 4 aromatic carbocycles. The second-order valence-corrected chi connectivity index (χ2v) is 12.5. The van der Waals surface area contributed by atoms with E-state index in [0.29, 0.717) is 32.8 Å². The minimum atomic E-state index is -4.21. The molecule has 0 aliphatic heterocycles. The van der Waals surface area contributed by atoms with Crippen molar-refractivity contribution in [3.63, 3.8) is 0 Å². The maximum atomic E-state index is 14.8. The molecule has 6 rings (SSSR count). The summed E-state index contributed by atoms with van der Waals surface area (Å²) in [6.45, 7) is 9.63. The van der Waals surface area contributed by atoms with Crippen LogP contribution in [0.5, 0.6) is 0 Å². The zero-order valence-corrected chi connectivity index (χ0v) is 24.2. The zero-order valence-electron chi connectivity index (χ0n) is 22.6. The number of hydrogen-bond donors (Lipinski definition) is 2. The number of aromatic nitrogens is 1. The Morgan fingerprint density at radius 1 is 0.930 bits per heavy atom. The van der Waals surface area contributed by atoms with E-state index >= 15 is 0 Å². The van der Waals surface area contributed by atoms with Crippen molar-refractivity contribution in [1.82, 2.24) is 9.45 Å². The third-order valence-corrected chi connectivity index (χ3v) is 9.71. The first-order valence-electron chi connectivity index (χ1n) is 13.0. The van der Waals surface area contributed by atoms with Crippen LogP contribution < -0.4 is 5.48 Å². The second-order valence-electron chi connectivity index (χ2n) is 9.82. The van der Waals surface area contributed by atoms with Crippen LogP contribution in [0, 0.1) is 19.3 Å². The number of hydrogen-bond acceptors (Lipinski definition) is 5. The van der Waals surface area contributed by atoms with E-state index in [-0.39, 0.29) is 16.0 Å². The molecule has 2 heterocycles. The van der Waals surface area contributed by atoms with E-state index in [1.165, 1.54) is 33.5 Å². The van der Waals surface area contributed by atoms with Crippen LogP contribution in [0.25, 0.3) is 49.3 Å². The number of amides is 1. The lowest BCUT2D eigenvalue weighted by Crippen LogP contribution is -2.18. The van der Waals surface area contributed by atoms with Crippen molar-refractivity contribution in [2.75, 3.05) is 0 Å². The smallest absolute Gasteiger partial charge is 0.274 e. The first kappa shape index (κ1) is 28.1. The Hall–Kier alpha value is -5.08. The molecule has 0 unspecified atom stereocenters. The Bertz CT molecular complexity index is 2180. The molecule has 7 nitrogen and oxygen atoms in total. The molecule has 0 radical (unpaired) electrons. The summed E-state index contributed by atoms with van der Waals surface area (Å²) in [5, 5.41) is 11.4. The number of fused-ring (bicyclic) bond motifs is 1. The lowest BCUT2D eigenvalue weighted by Gasteiger charge is -2.15. The van der Waals surface area contributed by atoms with E-state index in [1.807, 2.05) is 19.1 Å². The number of aryl methyl sites for hydroxylation is 1. The summed E-state index contributed by atoms with van der Waals surface area (Å²) in [5.41, 5.74) is 6.28. The molecule has 0 bridgehead atoms. The minimum Gasteiger partial charge on any atom is -0.288 e. The van der Waals surface area contributed by atoms with Crippen molar-refractivity contribution in [1.29, 1.82) is 0 Å². The molecule has 212 valence electrons. The van der Waals surface area contributed by atoms with Crippen LogP contribution in [0.15, 0.2) is 107 Å². The monoisotopic (exact) mass is 607 g/mol. The van der Waals surface area contributed by atoms with E-state index in [1.54, 1.807) is 77.6 Å². The Labute approximate surface area is 250 Å². The van der Waals surface area contributed by atoms with Crippen LogP contribution in [0.1, 0.15) is 15.9 Å². The first-order valence-corrected chi connectivity index (χ1v) is 15.3. The molecule has 2 aromatic heterocycles. The van der Waals surface area contributed by atoms with Gasteiger partial charge in [0.25, 0.3) is 15.9 Å². The van der Waals surface area contributed by atoms with Crippen LogP contribution in [0.3, 0.4) is 0 Å². The fourth-order valence-corrected chi connectivity index (χ4v) is 7.37. The average Bonchev–Trinajstić information content (AvgIpc) is 3.63. The molecule has 0 saturated heterocycles. The Morgan fingerprint density at radius 3 is 2.35 bits per heavy atom. The van der Waals surface area contributed by atoms with E-state index < -0.39 is 21.7 Å². The van der Waals surface area contributed by atoms with Gasteiger partial charge in [-0.05, 0) is 72.0 Å². The van der Waals surface area contributed by atoms with E-state index in [2.05, 4.69) is 4.85 Å². The molecular weight excluding hydrogens is 586 g/mol. The van der Waals surface area contributed by atoms with E-state index in [4.69, 9.17) is 11.8 Å². The zero-order chi connectivity index (χ0) is 30.3. The SMILES string of the molecule is [C-]#[N+]c1sccc1-c1c(-c2cccc(-c3ccc(C(=O)NO)cc3)c2)n(S(=O)(=O)c2ccc(C)cc2)c2ccc(F)cc12. The number of nitrogens with zero attached hydrogens (tertiary/aromatic N) is 2. The van der Waals surface area contributed by atoms with Gasteiger partial charge in [-0.25, -0.2) is 27.1 Å². The normalized spacial score (nSPS) is 11.4. The van der Waals surface area contributed by atoms with Gasteiger partial charge in [-0.1, -0.05) is 54.1 Å². The topological polar surface area (TPSA) is 92.8 Å². The van der Waals surface area contributed by atoms with Gasteiger partial charge in [0.2, 0.25) is 5.00 Å². The molecule has 2 N–H and O–H groups in total. The Balaban J connectivity index is 1.68. The highest BCUT2D eigenvalue weighted by Crippen LogP contribution is 2.48. The summed E-state index contributed by atoms with van der Waals surface area (Å²) < 4.78 is 44.9. The number of nitrogens with one attached hydrogen (secondary N) is 1. The van der Waals surface area contributed by atoms with Crippen LogP contribution in [0.4, 0.5) is 9.39 Å². The highest BCUT2D eigenvalue weighted by Gasteiger charge is 2.30. The van der Waals surface area contributed by atoms with Gasteiger partial charge >= 0.3 is 0 Å². The van der Waals surface area contributed by atoms with Gasteiger partial charge in [-0.2, -0.15) is 11.3 Å². The number of thiophene rings is 1. The Morgan fingerprint density at radius 2 is 1.65 bits per heavy atom. The molecule has 43 heavy (non-hydrogen) atoms. The number of hydroxylamine groups is 1. The summed E-state index contributed by atoms with van der Waals surface area (Å²) in [7, 11) is -4.21. The first-order chi connectivity index (χ1) is 20.7. The summed E-state index contributed by atoms with van der Waals surface area (Å²) in [4.78, 5) is 15.5. The third-order valence-electron chi connectivity index (χ3n) is 7.18. The average molecular weight is 608 g/mol. The van der Waals surface area contributed by atoms with Gasteiger partial charge in [0, 0.05) is 27.6 Å². The lowest BCUT2D eigenvalue weighted by molar-refractivity contribution is 0.0706. The number of benzene rings is 4. The van der Waals surface area contributed by atoms with Crippen molar-refractivity contribution in [3.8, 4) is 33.5 Å². The number of carbonyl (C=O) groups is 1. The van der Waals surface area contributed by atoms with E-state index in [0.717, 1.165) is 16.7 Å². The van der Waals surface area contributed by atoms with Crippen LogP contribution in [0.2, 0.25) is 0 Å². The molecule has 0 fully saturated rings. The van der Waals surface area contributed by atoms with Gasteiger partial charge in [0.15, 0.2) is 0 Å². The van der Waals surface area contributed by atoms with Gasteiger partial charge in [-0.15, -0.1) is 0 Å². The van der Waals surface area contributed by atoms with Gasteiger partial charge < -0.3 is 0 Å². The molecule has 6 aromatic rings. The summed E-state index contributed by atoms with van der Waals surface area (Å²) >= 11 is 1.22. The van der Waals surface area contributed by atoms with E-state index in [9.17, 15) is 17.6 Å². The van der Waals surface area contributed by atoms with Crippen LogP contribution in [-0.2, 0) is 10.0 Å². The van der Waals surface area contributed by atoms with Gasteiger partial charge in [0.05, 0.1) is 22.7 Å². The minimum absolute atomic E-state index is 0.0664. The number of halogens is 1. The molecule has 0 spiro atoms. The molecular formula is C33H22FN3O4S2. The second kappa shape index (κ2) is 11.0. The molecule has 1 amide bonds. The molecule has 10 heteroatoms. The maximum absolute atomic E-state index is 14.8. The van der Waals surface area contributed by atoms with Crippen molar-refractivity contribution < 1.29 is 22.8 Å². The van der Waals surface area contributed by atoms with Crippen LogP contribution >= 0.6 is 11.3 Å². The maximum Gasteiger partial charge on any atom is 0.274 e. The quantitative estimate of drug-likeness (QED) is 0.114. The molecule has 0 aliphatic rings. The highest BCUT2D eigenvalue weighted by atomic mass is 32.2. The fourth-order valence-electron chi connectivity index (χ4n) is 5.14. The lowest BCUT2D eigenvalue weighted by atomic mass is 9.96. The molecule has 0 saturated carbocycles. The third kappa shape index (κ3) is 4.89. The highest BCUT2D eigenvalue weighted by molar-refractivity contribution is 7.90. The summed E-state index contributed by atoms with van der Waals surface area (Å²) in [6.07, 6.45) is 0. The van der Waals surface area contributed by atoms with Crippen LogP contribution in [-0.4, -0.2) is 23.5 Å². The predicted molar refractivity (Wildman–Crippen MR) is 165 cm³/mol. The van der Waals surface area contributed by atoms with Gasteiger partial charge in [0.1, 0.15) is 5.82 Å². The predicted octanol–water partition coefficient (Wildman–Crippen LogP) is 8.06.